The van der Waals surface area contributed by atoms with E-state index in [1.165, 1.54) is 0 Å². The van der Waals surface area contributed by atoms with E-state index in [0.717, 1.165) is 79.7 Å². The van der Waals surface area contributed by atoms with Gasteiger partial charge in [-0.3, -0.25) is 23.9 Å². The number of esters is 1. The fraction of sp³-hybridized carbons (Fsp3) is 0.625. The van der Waals surface area contributed by atoms with Crippen molar-refractivity contribution >= 4 is 44.4 Å². The molecule has 5 aliphatic rings. The standard InChI is InChI=1S/C40H51N3O8S/c1-3-28-22-40(28,39(47)42-52(48,49)30-13-14-30)23-35(44)34-20-29-24-43(34)38(46)32(27-11-7-4-8-12-27)21-36(45)50-17-9-5-6-10-26-18-25(2)31-15-16-41-37(51-29)33(31)19-26/h3,15-16,18-19,27-30,32,34H,1,4-14,17,20-24H2,2H3,(H,42,47)/t28-,29+,32-,34-,40+/m0/s1. The van der Waals surface area contributed by atoms with Crippen LogP contribution in [0.15, 0.2) is 37.1 Å². The number of benzene rings is 1. The third-order valence-electron chi connectivity index (χ3n) is 12.2. The first-order chi connectivity index (χ1) is 25.0. The van der Waals surface area contributed by atoms with E-state index >= 15 is 0 Å². The molecule has 1 aromatic heterocycles. The minimum Gasteiger partial charge on any atom is -0.472 e. The summed E-state index contributed by atoms with van der Waals surface area (Å²) in [6, 6.07) is 5.32. The van der Waals surface area contributed by atoms with Crippen molar-refractivity contribution in [3.63, 3.8) is 0 Å². The van der Waals surface area contributed by atoms with Crippen molar-refractivity contribution in [2.45, 2.75) is 121 Å². The van der Waals surface area contributed by atoms with Gasteiger partial charge in [0.15, 0.2) is 5.78 Å². The molecule has 0 spiro atoms. The number of ketones is 1. The molecule has 12 heteroatoms. The number of aryl methyl sites for hydroxylation is 2. The molecule has 3 heterocycles. The molecule has 1 N–H and O–H groups in total. The number of ether oxygens (including phenoxy) is 2. The molecule has 7 rings (SSSR count). The number of allylic oxidation sites excluding steroid dienone is 1. The number of cyclic esters (lactones) is 1. The van der Waals surface area contributed by atoms with Gasteiger partial charge in [-0.15, -0.1) is 6.58 Å². The van der Waals surface area contributed by atoms with Crippen molar-refractivity contribution in [1.82, 2.24) is 14.6 Å². The predicted molar refractivity (Wildman–Crippen MR) is 195 cm³/mol. The molecule has 1 aromatic carbocycles. The molecule has 280 valence electrons. The number of aromatic nitrogens is 1. The zero-order valence-corrected chi connectivity index (χ0v) is 31.0. The van der Waals surface area contributed by atoms with E-state index in [1.54, 1.807) is 17.2 Å². The SMILES string of the molecule is C=C[C@H]1C[C@]1(CC(=O)[C@@H]1C[C@@H]2CN1C(=O)[C@H](C1CCCCC1)CC(=O)OCCCCCc1cc(C)c3ccnc(c3c1)O2)C(=O)NS(=O)(=O)C1CC1. The number of carbonyl (C=O) groups is 4. The van der Waals surface area contributed by atoms with E-state index in [1.807, 2.05) is 6.07 Å². The molecule has 5 atom stereocenters. The Bertz CT molecular complexity index is 1850. The van der Waals surface area contributed by atoms with Crippen molar-refractivity contribution in [3.8, 4) is 5.88 Å². The summed E-state index contributed by atoms with van der Waals surface area (Å²) >= 11 is 0. The highest BCUT2D eigenvalue weighted by molar-refractivity contribution is 7.90. The van der Waals surface area contributed by atoms with E-state index in [0.29, 0.717) is 31.7 Å². The van der Waals surface area contributed by atoms with Gasteiger partial charge >= 0.3 is 5.97 Å². The highest BCUT2D eigenvalue weighted by Crippen LogP contribution is 2.57. The Kier molecular flexibility index (Phi) is 10.5. The van der Waals surface area contributed by atoms with Crippen molar-refractivity contribution in [3.05, 3.63) is 48.2 Å². The molecule has 0 unspecified atom stereocenters. The van der Waals surface area contributed by atoms with Crippen LogP contribution in [0.3, 0.4) is 0 Å². The molecule has 0 radical (unpaired) electrons. The van der Waals surface area contributed by atoms with Gasteiger partial charge in [0.05, 0.1) is 42.2 Å². The predicted octanol–water partition coefficient (Wildman–Crippen LogP) is 5.51. The van der Waals surface area contributed by atoms with E-state index < -0.39 is 50.6 Å². The minimum absolute atomic E-state index is 0.0189. The fourth-order valence-corrected chi connectivity index (χ4v) is 10.3. The second kappa shape index (κ2) is 14.9. The Morgan fingerprint density at radius 1 is 1.06 bits per heavy atom. The summed E-state index contributed by atoms with van der Waals surface area (Å²) in [6.45, 7) is 6.32. The van der Waals surface area contributed by atoms with Crippen LogP contribution in [0.2, 0.25) is 0 Å². The average Bonchev–Trinajstić information content (AvgIpc) is 4.05. The third kappa shape index (κ3) is 7.63. The van der Waals surface area contributed by atoms with Crippen molar-refractivity contribution in [1.29, 1.82) is 0 Å². The van der Waals surface area contributed by atoms with Crippen LogP contribution in [0.5, 0.6) is 5.88 Å². The van der Waals surface area contributed by atoms with E-state index in [2.05, 4.69) is 35.3 Å². The van der Waals surface area contributed by atoms with Crippen LogP contribution >= 0.6 is 0 Å². The molecule has 3 saturated carbocycles. The van der Waals surface area contributed by atoms with Crippen LogP contribution in [0, 0.1) is 30.1 Å². The second-order valence-electron chi connectivity index (χ2n) is 15.9. The zero-order chi connectivity index (χ0) is 36.6. The van der Waals surface area contributed by atoms with Gasteiger partial charge in [0.25, 0.3) is 0 Å². The first-order valence-electron chi connectivity index (χ1n) is 19.2. The maximum atomic E-state index is 14.8. The first-order valence-corrected chi connectivity index (χ1v) is 20.8. The number of hydrogen-bond acceptors (Lipinski definition) is 9. The van der Waals surface area contributed by atoms with Gasteiger partial charge in [-0.05, 0) is 105 Å². The molecule has 4 bridgehead atoms. The summed E-state index contributed by atoms with van der Waals surface area (Å²) in [7, 11) is -3.83. The van der Waals surface area contributed by atoms with Crippen LogP contribution in [0.25, 0.3) is 10.8 Å². The highest BCUT2D eigenvalue weighted by Gasteiger charge is 2.61. The number of amides is 2. The monoisotopic (exact) mass is 733 g/mol. The summed E-state index contributed by atoms with van der Waals surface area (Å²) in [4.78, 5) is 62.3. The van der Waals surface area contributed by atoms with Gasteiger partial charge < -0.3 is 14.4 Å². The maximum Gasteiger partial charge on any atom is 0.306 e. The average molecular weight is 734 g/mol. The quantitative estimate of drug-likeness (QED) is 0.274. The molecule has 2 aromatic rings. The Morgan fingerprint density at radius 3 is 2.56 bits per heavy atom. The van der Waals surface area contributed by atoms with Crippen LogP contribution in [-0.2, 0) is 40.4 Å². The van der Waals surface area contributed by atoms with Crippen LogP contribution in [-0.4, -0.2) is 72.4 Å². The number of nitrogens with one attached hydrogen (secondary N) is 1. The Hall–Kier alpha value is -3.80. The molecule has 1 saturated heterocycles. The normalized spacial score (nSPS) is 29.1. The van der Waals surface area contributed by atoms with Gasteiger partial charge in [0.2, 0.25) is 27.7 Å². The molecule has 52 heavy (non-hydrogen) atoms. The van der Waals surface area contributed by atoms with Crippen molar-refractivity contribution in [2.24, 2.45) is 23.2 Å². The van der Waals surface area contributed by atoms with Crippen LogP contribution < -0.4 is 9.46 Å². The lowest BCUT2D eigenvalue weighted by Gasteiger charge is -2.34. The van der Waals surface area contributed by atoms with Crippen molar-refractivity contribution < 1.29 is 37.1 Å². The summed E-state index contributed by atoms with van der Waals surface area (Å²) in [5.41, 5.74) is 1.00. The number of carbonyl (C=O) groups excluding carboxylic acids is 4. The molecule has 3 aliphatic carbocycles. The Labute approximate surface area is 306 Å². The minimum atomic E-state index is -3.83. The van der Waals surface area contributed by atoms with E-state index in [4.69, 9.17) is 9.47 Å². The van der Waals surface area contributed by atoms with Crippen LogP contribution in [0.1, 0.15) is 101 Å². The van der Waals surface area contributed by atoms with Gasteiger partial charge in [-0.2, -0.15) is 0 Å². The maximum absolute atomic E-state index is 14.8. The molecule has 11 nitrogen and oxygen atoms in total. The zero-order valence-electron chi connectivity index (χ0n) is 30.1. The summed E-state index contributed by atoms with van der Waals surface area (Å²) in [5.74, 6) is -2.29. The van der Waals surface area contributed by atoms with Gasteiger partial charge in [-0.25, -0.2) is 13.4 Å². The number of nitrogens with zero attached hydrogens (tertiary/aromatic N) is 2. The van der Waals surface area contributed by atoms with E-state index in [-0.39, 0.29) is 49.3 Å². The molecular formula is C40H51N3O8S. The third-order valence-corrected chi connectivity index (χ3v) is 14.0. The topological polar surface area (TPSA) is 149 Å². The number of fused-ring (bicyclic) bond motifs is 3. The Morgan fingerprint density at radius 2 is 1.83 bits per heavy atom. The lowest BCUT2D eigenvalue weighted by molar-refractivity contribution is -0.152. The van der Waals surface area contributed by atoms with Crippen molar-refractivity contribution in [2.75, 3.05) is 13.2 Å². The summed E-state index contributed by atoms with van der Waals surface area (Å²) < 4.78 is 40.1. The summed E-state index contributed by atoms with van der Waals surface area (Å²) in [6.07, 6.45) is 12.0. The van der Waals surface area contributed by atoms with Gasteiger partial charge in [0.1, 0.15) is 6.10 Å². The molecule has 4 fully saturated rings. The number of rotatable bonds is 8. The molecule has 2 amide bonds. The number of hydrogen-bond donors (Lipinski definition) is 1. The van der Waals surface area contributed by atoms with Crippen LogP contribution in [0.4, 0.5) is 0 Å². The smallest absolute Gasteiger partial charge is 0.306 e. The lowest BCUT2D eigenvalue weighted by atomic mass is 9.77. The van der Waals surface area contributed by atoms with Gasteiger partial charge in [-0.1, -0.05) is 31.4 Å². The van der Waals surface area contributed by atoms with E-state index in [9.17, 15) is 27.6 Å². The highest BCUT2D eigenvalue weighted by atomic mass is 32.2. The number of Topliss-reactive ketones (excluding diaryl/α,β-unsaturated/α-hetero) is 1. The lowest BCUT2D eigenvalue weighted by Crippen LogP contribution is -2.48. The largest absolute Gasteiger partial charge is 0.472 e. The van der Waals surface area contributed by atoms with Gasteiger partial charge in [0, 0.05) is 24.4 Å². The Balaban J connectivity index is 1.22. The summed E-state index contributed by atoms with van der Waals surface area (Å²) in [5, 5.41) is 1.30. The number of pyridine rings is 1. The first kappa shape index (κ1) is 36.6. The number of sulfonamides is 1. The second-order valence-corrected chi connectivity index (χ2v) is 17.8. The molecule has 2 aliphatic heterocycles. The fourth-order valence-electron chi connectivity index (χ4n) is 8.89. The molecular weight excluding hydrogens is 683 g/mol.